The molecule has 4 rings (SSSR count). The van der Waals surface area contributed by atoms with Crippen molar-refractivity contribution in [3.8, 4) is 6.07 Å². The molecule has 0 aromatic heterocycles. The van der Waals surface area contributed by atoms with Crippen LogP contribution in [0.1, 0.15) is 16.7 Å². The molecule has 0 bridgehead atoms. The van der Waals surface area contributed by atoms with E-state index in [0.717, 1.165) is 5.56 Å². The minimum absolute atomic E-state index is 0.335. The highest BCUT2D eigenvalue weighted by molar-refractivity contribution is 5.83. The molecule has 0 aliphatic carbocycles. The van der Waals surface area contributed by atoms with Gasteiger partial charge in [0.1, 0.15) is 5.60 Å². The smallest absolute Gasteiger partial charge is 0.142 e. The molecule has 0 N–H and O–H groups in total. The Balaban J connectivity index is 1.80. The molecular formula is C19H13NO. The van der Waals surface area contributed by atoms with Gasteiger partial charge in [-0.1, -0.05) is 48.5 Å². The molecule has 1 aliphatic heterocycles. The molecule has 0 spiro atoms. The van der Waals surface area contributed by atoms with Crippen molar-refractivity contribution in [2.24, 2.45) is 0 Å². The largest absolute Gasteiger partial charge is 0.359 e. The lowest BCUT2D eigenvalue weighted by Crippen LogP contribution is -2.10. The quantitative estimate of drug-likeness (QED) is 0.661. The Bertz CT molecular complexity index is 855. The van der Waals surface area contributed by atoms with E-state index in [1.165, 1.54) is 16.3 Å². The summed E-state index contributed by atoms with van der Waals surface area (Å²) in [4.78, 5) is 0. The van der Waals surface area contributed by atoms with Crippen molar-refractivity contribution in [2.75, 3.05) is 6.61 Å². The van der Waals surface area contributed by atoms with Gasteiger partial charge in [0, 0.05) is 0 Å². The van der Waals surface area contributed by atoms with Crippen LogP contribution in [-0.4, -0.2) is 6.61 Å². The van der Waals surface area contributed by atoms with E-state index in [4.69, 9.17) is 10.00 Å². The van der Waals surface area contributed by atoms with E-state index in [-0.39, 0.29) is 5.60 Å². The number of hydrogen-bond acceptors (Lipinski definition) is 2. The summed E-state index contributed by atoms with van der Waals surface area (Å²) in [7, 11) is 0. The minimum Gasteiger partial charge on any atom is -0.359 e. The van der Waals surface area contributed by atoms with Crippen LogP contribution in [0.2, 0.25) is 0 Å². The van der Waals surface area contributed by atoms with Crippen LogP contribution in [0.4, 0.5) is 0 Å². The summed E-state index contributed by atoms with van der Waals surface area (Å²) in [5, 5.41) is 11.4. The van der Waals surface area contributed by atoms with Gasteiger partial charge >= 0.3 is 0 Å². The molecule has 3 aromatic rings. The van der Waals surface area contributed by atoms with Crippen LogP contribution < -0.4 is 0 Å². The highest BCUT2D eigenvalue weighted by Gasteiger charge is 2.48. The average molecular weight is 271 g/mol. The summed E-state index contributed by atoms with van der Waals surface area (Å²) in [6, 6.07) is 24.6. The van der Waals surface area contributed by atoms with Crippen molar-refractivity contribution in [2.45, 2.75) is 5.60 Å². The normalized spacial score (nSPS) is 20.1. The van der Waals surface area contributed by atoms with Gasteiger partial charge in [-0.05, 0) is 40.1 Å². The first-order valence-corrected chi connectivity index (χ1v) is 6.96. The second-order valence-electron chi connectivity index (χ2n) is 5.37. The number of rotatable bonds is 2. The third kappa shape index (κ3) is 1.91. The van der Waals surface area contributed by atoms with Crippen LogP contribution in [0.3, 0.4) is 0 Å². The van der Waals surface area contributed by atoms with E-state index in [0.29, 0.717) is 12.2 Å². The lowest BCUT2D eigenvalue weighted by Gasteiger charge is -2.14. The number of nitriles is 1. The van der Waals surface area contributed by atoms with Gasteiger partial charge < -0.3 is 4.74 Å². The molecule has 3 aromatic carbocycles. The maximum absolute atomic E-state index is 8.90. The second-order valence-corrected chi connectivity index (χ2v) is 5.37. The number of benzene rings is 3. The van der Waals surface area contributed by atoms with Gasteiger partial charge in [-0.3, -0.25) is 0 Å². The molecule has 1 fully saturated rings. The van der Waals surface area contributed by atoms with E-state index < -0.39 is 0 Å². The van der Waals surface area contributed by atoms with Crippen LogP contribution >= 0.6 is 0 Å². The summed E-state index contributed by atoms with van der Waals surface area (Å²) < 4.78 is 5.81. The van der Waals surface area contributed by atoms with Crippen molar-refractivity contribution < 1.29 is 4.74 Å². The molecule has 0 radical (unpaired) electrons. The third-order valence-corrected chi connectivity index (χ3v) is 4.13. The van der Waals surface area contributed by atoms with Crippen LogP contribution in [0.15, 0.2) is 66.7 Å². The molecule has 1 saturated heterocycles. The fourth-order valence-corrected chi connectivity index (χ4v) is 2.83. The lowest BCUT2D eigenvalue weighted by atomic mass is 9.90. The molecule has 1 atom stereocenters. The van der Waals surface area contributed by atoms with Gasteiger partial charge in [-0.25, -0.2) is 0 Å². The van der Waals surface area contributed by atoms with Crippen molar-refractivity contribution >= 4 is 10.8 Å². The first-order valence-electron chi connectivity index (χ1n) is 6.96. The van der Waals surface area contributed by atoms with Gasteiger partial charge in [-0.2, -0.15) is 5.26 Å². The monoisotopic (exact) mass is 271 g/mol. The zero-order chi connectivity index (χ0) is 14.3. The maximum atomic E-state index is 8.90. The Hall–Kier alpha value is -2.63. The standard InChI is InChI=1S/C19H13NO/c20-12-14-5-8-17(9-6-14)19(13-21-19)18-10-7-15-3-1-2-4-16(15)11-18/h1-11H,13H2. The first kappa shape index (κ1) is 12.1. The predicted molar refractivity (Wildman–Crippen MR) is 81.8 cm³/mol. The second kappa shape index (κ2) is 4.44. The topological polar surface area (TPSA) is 36.3 Å². The summed E-state index contributed by atoms with van der Waals surface area (Å²) in [5.74, 6) is 0. The van der Waals surface area contributed by atoms with Crippen molar-refractivity contribution in [1.82, 2.24) is 0 Å². The zero-order valence-corrected chi connectivity index (χ0v) is 11.4. The highest BCUT2D eigenvalue weighted by Crippen LogP contribution is 2.45. The van der Waals surface area contributed by atoms with Gasteiger partial charge in [0.05, 0.1) is 18.2 Å². The molecule has 2 nitrogen and oxygen atoms in total. The van der Waals surface area contributed by atoms with Crippen molar-refractivity contribution in [1.29, 1.82) is 5.26 Å². The minimum atomic E-state index is -0.335. The van der Waals surface area contributed by atoms with E-state index in [1.807, 2.05) is 36.4 Å². The van der Waals surface area contributed by atoms with Crippen LogP contribution in [0, 0.1) is 11.3 Å². The van der Waals surface area contributed by atoms with Gasteiger partial charge in [-0.15, -0.1) is 0 Å². The Morgan fingerprint density at radius 2 is 1.52 bits per heavy atom. The predicted octanol–water partition coefficient (Wildman–Crippen LogP) is 3.99. The van der Waals surface area contributed by atoms with Crippen LogP contribution in [0.25, 0.3) is 10.8 Å². The van der Waals surface area contributed by atoms with E-state index in [1.54, 1.807) is 0 Å². The summed E-state index contributed by atoms with van der Waals surface area (Å²) in [5.41, 5.74) is 2.62. The maximum Gasteiger partial charge on any atom is 0.142 e. The number of fused-ring (bicyclic) bond motifs is 1. The molecule has 21 heavy (non-hydrogen) atoms. The van der Waals surface area contributed by atoms with Crippen molar-refractivity contribution in [3.05, 3.63) is 83.4 Å². The Labute approximate surface area is 123 Å². The molecule has 2 heteroatoms. The van der Waals surface area contributed by atoms with Gasteiger partial charge in [0.25, 0.3) is 0 Å². The average Bonchev–Trinajstić information content (AvgIpc) is 3.36. The summed E-state index contributed by atoms with van der Waals surface area (Å²) in [6.07, 6.45) is 0. The number of hydrogen-bond donors (Lipinski definition) is 0. The molecule has 0 saturated carbocycles. The summed E-state index contributed by atoms with van der Waals surface area (Å²) in [6.45, 7) is 0.692. The molecule has 0 amide bonds. The van der Waals surface area contributed by atoms with E-state index in [9.17, 15) is 0 Å². The molecule has 1 heterocycles. The Morgan fingerprint density at radius 1 is 0.857 bits per heavy atom. The van der Waals surface area contributed by atoms with Crippen LogP contribution in [-0.2, 0) is 10.3 Å². The Kier molecular flexibility index (Phi) is 2.57. The number of ether oxygens (including phenoxy) is 1. The zero-order valence-electron chi connectivity index (χ0n) is 11.4. The Morgan fingerprint density at radius 3 is 2.19 bits per heavy atom. The van der Waals surface area contributed by atoms with Gasteiger partial charge in [0.2, 0.25) is 0 Å². The third-order valence-electron chi connectivity index (χ3n) is 4.13. The van der Waals surface area contributed by atoms with Gasteiger partial charge in [0.15, 0.2) is 0 Å². The number of nitrogens with zero attached hydrogens (tertiary/aromatic N) is 1. The van der Waals surface area contributed by atoms with Crippen LogP contribution in [0.5, 0.6) is 0 Å². The molecule has 1 unspecified atom stereocenters. The fourth-order valence-electron chi connectivity index (χ4n) is 2.83. The summed E-state index contributed by atoms with van der Waals surface area (Å²) >= 11 is 0. The molecule has 100 valence electrons. The molecule has 1 aliphatic rings. The fraction of sp³-hybridized carbons (Fsp3) is 0.105. The SMILES string of the molecule is N#Cc1ccc(C2(c3ccc4ccccc4c3)CO2)cc1. The highest BCUT2D eigenvalue weighted by atomic mass is 16.6. The van der Waals surface area contributed by atoms with Crippen molar-refractivity contribution in [3.63, 3.8) is 0 Å². The lowest BCUT2D eigenvalue weighted by molar-refractivity contribution is 0.349. The van der Waals surface area contributed by atoms with E-state index >= 15 is 0 Å². The van der Waals surface area contributed by atoms with E-state index in [2.05, 4.69) is 36.4 Å². The first-order chi connectivity index (χ1) is 10.3. The number of epoxide rings is 1. The molecular weight excluding hydrogens is 258 g/mol.